The van der Waals surface area contributed by atoms with Crippen molar-refractivity contribution < 1.29 is 23.9 Å². The van der Waals surface area contributed by atoms with Crippen molar-refractivity contribution in [3.63, 3.8) is 0 Å². The van der Waals surface area contributed by atoms with Gasteiger partial charge in [-0.2, -0.15) is 5.10 Å². The molecule has 2 aromatic heterocycles. The molecule has 4 rings (SSSR count). The van der Waals surface area contributed by atoms with E-state index in [2.05, 4.69) is 5.10 Å². The standard InChI is InChI=1S/C17H10FN5O5/c18-9-5-7(1-2-11(9)22-4-3-10(21-22)17(27)28)23-12(24)6-8-13(14(23)19)16(26)20-15(8)25/h1-6H,19H2,(H,27,28)(H,20,25,26). The minimum absolute atomic E-state index is 0.0179. The number of nitrogens with one attached hydrogen (secondary N) is 1. The molecular formula is C17H10FN5O5. The number of anilines is 1. The Bertz CT molecular complexity index is 1260. The number of carboxylic acids is 1. The summed E-state index contributed by atoms with van der Waals surface area (Å²) < 4.78 is 16.5. The number of nitrogens with zero attached hydrogens (tertiary/aromatic N) is 3. The topological polar surface area (TPSA) is 149 Å². The zero-order chi connectivity index (χ0) is 20.2. The van der Waals surface area contributed by atoms with Crippen molar-refractivity contribution in [2.24, 2.45) is 0 Å². The molecule has 0 saturated carbocycles. The van der Waals surface area contributed by atoms with Gasteiger partial charge in [0.15, 0.2) is 11.5 Å². The molecule has 0 atom stereocenters. The highest BCUT2D eigenvalue weighted by atomic mass is 19.1. The highest BCUT2D eigenvalue weighted by molar-refractivity contribution is 6.23. The predicted molar refractivity (Wildman–Crippen MR) is 92.3 cm³/mol. The van der Waals surface area contributed by atoms with Crippen molar-refractivity contribution in [3.05, 3.63) is 69.5 Å². The number of nitrogens with two attached hydrogens (primary N) is 1. The van der Waals surface area contributed by atoms with Gasteiger partial charge >= 0.3 is 5.97 Å². The quantitative estimate of drug-likeness (QED) is 0.552. The van der Waals surface area contributed by atoms with Gasteiger partial charge < -0.3 is 10.8 Å². The number of carbonyl (C=O) groups is 3. The smallest absolute Gasteiger partial charge is 0.356 e. The van der Waals surface area contributed by atoms with Gasteiger partial charge in [-0.25, -0.2) is 13.9 Å². The molecule has 0 saturated heterocycles. The van der Waals surface area contributed by atoms with Crippen LogP contribution in [0.25, 0.3) is 11.4 Å². The molecule has 10 nitrogen and oxygen atoms in total. The average molecular weight is 383 g/mol. The van der Waals surface area contributed by atoms with Crippen LogP contribution >= 0.6 is 0 Å². The molecule has 1 aliphatic rings. The molecular weight excluding hydrogens is 373 g/mol. The summed E-state index contributed by atoms with van der Waals surface area (Å²) >= 11 is 0. The Morgan fingerprint density at radius 2 is 1.89 bits per heavy atom. The number of carbonyl (C=O) groups excluding carboxylic acids is 2. The Hall–Kier alpha value is -4.28. The van der Waals surface area contributed by atoms with Crippen molar-refractivity contribution >= 4 is 23.6 Å². The summed E-state index contributed by atoms with van der Waals surface area (Å²) in [5.41, 5.74) is 4.57. The number of rotatable bonds is 3. The summed E-state index contributed by atoms with van der Waals surface area (Å²) in [5.74, 6) is -3.86. The first kappa shape index (κ1) is 17.1. The van der Waals surface area contributed by atoms with Gasteiger partial charge in [-0.1, -0.05) is 0 Å². The largest absolute Gasteiger partial charge is 0.476 e. The van der Waals surface area contributed by atoms with Crippen molar-refractivity contribution in [2.75, 3.05) is 5.73 Å². The highest BCUT2D eigenvalue weighted by Gasteiger charge is 2.32. The van der Waals surface area contributed by atoms with Crippen LogP contribution in [0.15, 0.2) is 41.3 Å². The van der Waals surface area contributed by atoms with E-state index in [1.807, 2.05) is 5.32 Å². The van der Waals surface area contributed by atoms with Crippen LogP contribution in [-0.2, 0) is 0 Å². The highest BCUT2D eigenvalue weighted by Crippen LogP contribution is 2.24. The van der Waals surface area contributed by atoms with Gasteiger partial charge in [0.05, 0.1) is 16.8 Å². The third-order valence-electron chi connectivity index (χ3n) is 4.20. The van der Waals surface area contributed by atoms with Crippen LogP contribution in [0.4, 0.5) is 10.2 Å². The number of imide groups is 1. The molecule has 1 aliphatic heterocycles. The lowest BCUT2D eigenvalue weighted by Crippen LogP contribution is -2.24. The van der Waals surface area contributed by atoms with Gasteiger partial charge in [0.25, 0.3) is 17.4 Å². The lowest BCUT2D eigenvalue weighted by Gasteiger charge is -2.13. The van der Waals surface area contributed by atoms with Crippen molar-refractivity contribution in [1.82, 2.24) is 19.7 Å². The van der Waals surface area contributed by atoms with E-state index in [1.54, 1.807) is 0 Å². The molecule has 2 amide bonds. The number of fused-ring (bicyclic) bond motifs is 1. The van der Waals surface area contributed by atoms with Crippen molar-refractivity contribution in [3.8, 4) is 11.4 Å². The Kier molecular flexibility index (Phi) is 3.60. The Balaban J connectivity index is 1.83. The lowest BCUT2D eigenvalue weighted by atomic mass is 10.1. The van der Waals surface area contributed by atoms with E-state index in [9.17, 15) is 23.6 Å². The molecule has 0 bridgehead atoms. The van der Waals surface area contributed by atoms with Crippen LogP contribution in [0, 0.1) is 5.82 Å². The molecule has 0 spiro atoms. The van der Waals surface area contributed by atoms with E-state index in [0.717, 1.165) is 21.4 Å². The van der Waals surface area contributed by atoms with Crippen LogP contribution in [0.5, 0.6) is 0 Å². The molecule has 140 valence electrons. The molecule has 3 aromatic rings. The molecule has 4 N–H and O–H groups in total. The molecule has 0 unspecified atom stereocenters. The van der Waals surface area contributed by atoms with E-state index < -0.39 is 29.2 Å². The summed E-state index contributed by atoms with van der Waals surface area (Å²) in [4.78, 5) is 46.9. The molecule has 28 heavy (non-hydrogen) atoms. The van der Waals surface area contributed by atoms with Gasteiger partial charge in [0.2, 0.25) is 0 Å². The number of amides is 2. The van der Waals surface area contributed by atoms with Crippen molar-refractivity contribution in [2.45, 2.75) is 0 Å². The van der Waals surface area contributed by atoms with E-state index >= 15 is 0 Å². The summed E-state index contributed by atoms with van der Waals surface area (Å²) in [6.07, 6.45) is 1.27. The number of carboxylic acid groups (broad SMARTS) is 1. The van der Waals surface area contributed by atoms with Crippen LogP contribution < -0.4 is 16.6 Å². The van der Waals surface area contributed by atoms with Crippen LogP contribution in [-0.4, -0.2) is 37.2 Å². The van der Waals surface area contributed by atoms with Crippen LogP contribution in [0.1, 0.15) is 31.2 Å². The van der Waals surface area contributed by atoms with Gasteiger partial charge in [0, 0.05) is 18.3 Å². The normalized spacial score (nSPS) is 12.8. The van der Waals surface area contributed by atoms with Gasteiger partial charge in [-0.05, 0) is 18.2 Å². The number of halogens is 1. The first-order valence-electron chi connectivity index (χ1n) is 7.78. The summed E-state index contributed by atoms with van der Waals surface area (Å²) in [5, 5.41) is 14.7. The first-order valence-corrected chi connectivity index (χ1v) is 7.78. The number of pyridine rings is 1. The van der Waals surface area contributed by atoms with Gasteiger partial charge in [-0.3, -0.25) is 24.3 Å². The van der Waals surface area contributed by atoms with Crippen molar-refractivity contribution in [1.29, 1.82) is 0 Å². The number of hydrogen-bond acceptors (Lipinski definition) is 6. The second-order valence-corrected chi connectivity index (χ2v) is 5.86. The second-order valence-electron chi connectivity index (χ2n) is 5.86. The van der Waals surface area contributed by atoms with E-state index in [4.69, 9.17) is 10.8 Å². The summed E-state index contributed by atoms with van der Waals surface area (Å²) in [6, 6.07) is 5.75. The summed E-state index contributed by atoms with van der Waals surface area (Å²) in [7, 11) is 0. The molecule has 11 heteroatoms. The molecule has 0 aliphatic carbocycles. The molecule has 0 radical (unpaired) electrons. The third kappa shape index (κ3) is 2.45. The zero-order valence-corrected chi connectivity index (χ0v) is 13.8. The third-order valence-corrected chi connectivity index (χ3v) is 4.20. The Morgan fingerprint density at radius 1 is 1.14 bits per heavy atom. The number of nitrogen functional groups attached to an aromatic ring is 1. The monoisotopic (exact) mass is 383 g/mol. The van der Waals surface area contributed by atoms with E-state index in [0.29, 0.717) is 0 Å². The fourth-order valence-electron chi connectivity index (χ4n) is 2.94. The average Bonchev–Trinajstić information content (AvgIpc) is 3.20. The van der Waals surface area contributed by atoms with E-state index in [-0.39, 0.29) is 34.0 Å². The van der Waals surface area contributed by atoms with E-state index in [1.165, 1.54) is 24.4 Å². The fourth-order valence-corrected chi connectivity index (χ4v) is 2.94. The van der Waals surface area contributed by atoms with Gasteiger partial charge in [0.1, 0.15) is 11.5 Å². The molecule has 0 fully saturated rings. The molecule has 1 aromatic carbocycles. The first-order chi connectivity index (χ1) is 13.3. The van der Waals surface area contributed by atoms with Crippen LogP contribution in [0.2, 0.25) is 0 Å². The number of aromatic carboxylic acids is 1. The lowest BCUT2D eigenvalue weighted by molar-refractivity contribution is 0.0689. The maximum atomic E-state index is 14.6. The maximum Gasteiger partial charge on any atom is 0.356 e. The zero-order valence-electron chi connectivity index (χ0n) is 13.8. The minimum atomic E-state index is -1.26. The summed E-state index contributed by atoms with van der Waals surface area (Å²) in [6.45, 7) is 0. The molecule has 3 heterocycles. The fraction of sp³-hybridized carbons (Fsp3) is 0. The number of benzene rings is 1. The Labute approximate surface area is 154 Å². The maximum absolute atomic E-state index is 14.6. The predicted octanol–water partition coefficient (Wildman–Crippen LogP) is 0.326. The minimum Gasteiger partial charge on any atom is -0.476 e. The SMILES string of the molecule is Nc1c2c(cc(=O)n1-c1ccc(-n3ccc(C(=O)O)n3)c(F)c1)C(=O)NC2=O. The van der Waals surface area contributed by atoms with Gasteiger partial charge in [-0.15, -0.1) is 0 Å². The number of hydrogen-bond donors (Lipinski definition) is 3. The van der Waals surface area contributed by atoms with Crippen LogP contribution in [0.3, 0.4) is 0 Å². The number of aromatic nitrogens is 3. The Morgan fingerprint density at radius 3 is 2.54 bits per heavy atom. The second kappa shape index (κ2) is 5.87.